The predicted octanol–water partition coefficient (Wildman–Crippen LogP) is 4.38. The third-order valence-electron chi connectivity index (χ3n) is 3.36. The van der Waals surface area contributed by atoms with Crippen LogP contribution in [0, 0.1) is 0 Å². The molecule has 4 heteroatoms. The van der Waals surface area contributed by atoms with Gasteiger partial charge < -0.3 is 4.90 Å². The number of para-hydroxylation sites is 1. The van der Waals surface area contributed by atoms with E-state index in [-0.39, 0.29) is 5.91 Å². The molecule has 0 spiro atoms. The average molecular weight is 336 g/mol. The third-order valence-corrected chi connectivity index (χ3v) is 4.97. The molecule has 1 amide bonds. The molecule has 98 valence electrons. The van der Waals surface area contributed by atoms with E-state index >= 15 is 0 Å². The van der Waals surface area contributed by atoms with Crippen molar-refractivity contribution in [3.8, 4) is 0 Å². The number of hydrogen-bond donors (Lipinski definition) is 0. The molecule has 0 saturated heterocycles. The molecule has 0 fully saturated rings. The minimum Gasteiger partial charge on any atom is -0.307 e. The third kappa shape index (κ3) is 2.74. The van der Waals surface area contributed by atoms with Crippen molar-refractivity contribution in [1.29, 1.82) is 0 Å². The molecule has 1 aliphatic heterocycles. The van der Waals surface area contributed by atoms with Gasteiger partial charge in [0.15, 0.2) is 0 Å². The molecule has 0 radical (unpaired) electrons. The van der Waals surface area contributed by atoms with Crippen LogP contribution in [0.5, 0.6) is 0 Å². The summed E-state index contributed by atoms with van der Waals surface area (Å²) < 4.78 is 1.11. The van der Waals surface area contributed by atoms with Gasteiger partial charge in [0.05, 0.1) is 10.3 Å². The van der Waals surface area contributed by atoms with Crippen LogP contribution in [-0.2, 0) is 17.8 Å². The van der Waals surface area contributed by atoms with Crippen LogP contribution in [0.25, 0.3) is 0 Å². The molecule has 1 aliphatic rings. The Morgan fingerprint density at radius 3 is 2.79 bits per heavy atom. The van der Waals surface area contributed by atoms with Crippen molar-refractivity contribution in [1.82, 2.24) is 0 Å². The maximum absolute atomic E-state index is 12.3. The van der Waals surface area contributed by atoms with Crippen molar-refractivity contribution >= 4 is 38.9 Å². The molecule has 19 heavy (non-hydrogen) atoms. The van der Waals surface area contributed by atoms with Crippen molar-refractivity contribution in [2.45, 2.75) is 25.8 Å². The van der Waals surface area contributed by atoms with Gasteiger partial charge in [-0.25, -0.2) is 0 Å². The number of rotatable bonds is 2. The van der Waals surface area contributed by atoms with Gasteiger partial charge in [0.2, 0.25) is 5.91 Å². The standard InChI is InChI=1S/C15H14BrNOS/c16-14-9-8-12(19-14)10-17-13-6-2-1-4-11(13)5-3-7-15(17)18/h1-2,4,6,8-9H,3,5,7,10H2. The molecule has 2 aromatic rings. The lowest BCUT2D eigenvalue weighted by Gasteiger charge is -2.22. The first-order valence-corrected chi connectivity index (χ1v) is 7.97. The first-order chi connectivity index (χ1) is 9.24. The summed E-state index contributed by atoms with van der Waals surface area (Å²) in [6, 6.07) is 12.4. The molecular weight excluding hydrogens is 322 g/mol. The van der Waals surface area contributed by atoms with E-state index < -0.39 is 0 Å². The summed E-state index contributed by atoms with van der Waals surface area (Å²) in [4.78, 5) is 15.4. The van der Waals surface area contributed by atoms with Crippen LogP contribution in [0.2, 0.25) is 0 Å². The zero-order valence-corrected chi connectivity index (χ0v) is 12.8. The van der Waals surface area contributed by atoms with E-state index in [0.717, 1.165) is 22.3 Å². The van der Waals surface area contributed by atoms with E-state index in [4.69, 9.17) is 0 Å². The number of carbonyl (C=O) groups is 1. The summed E-state index contributed by atoms with van der Waals surface area (Å²) in [5, 5.41) is 0. The molecule has 0 N–H and O–H groups in total. The lowest BCUT2D eigenvalue weighted by molar-refractivity contribution is -0.118. The number of amides is 1. The monoisotopic (exact) mass is 335 g/mol. The molecular formula is C15H14BrNOS. The Hall–Kier alpha value is -1.13. The van der Waals surface area contributed by atoms with E-state index in [0.29, 0.717) is 13.0 Å². The van der Waals surface area contributed by atoms with Crippen molar-refractivity contribution in [3.05, 3.63) is 50.6 Å². The van der Waals surface area contributed by atoms with Crippen molar-refractivity contribution in [2.75, 3.05) is 4.90 Å². The topological polar surface area (TPSA) is 20.3 Å². The molecule has 2 heterocycles. The fourth-order valence-electron chi connectivity index (χ4n) is 2.45. The molecule has 3 rings (SSSR count). The van der Waals surface area contributed by atoms with E-state index in [9.17, 15) is 4.79 Å². The zero-order chi connectivity index (χ0) is 13.2. The highest BCUT2D eigenvalue weighted by Gasteiger charge is 2.22. The summed E-state index contributed by atoms with van der Waals surface area (Å²) in [6.45, 7) is 0.673. The van der Waals surface area contributed by atoms with Crippen LogP contribution in [0.15, 0.2) is 40.2 Å². The average Bonchev–Trinajstić information content (AvgIpc) is 2.75. The van der Waals surface area contributed by atoms with Gasteiger partial charge in [-0.1, -0.05) is 18.2 Å². The van der Waals surface area contributed by atoms with Crippen molar-refractivity contribution in [3.63, 3.8) is 0 Å². The minimum atomic E-state index is 0.231. The number of aryl methyl sites for hydroxylation is 1. The van der Waals surface area contributed by atoms with Gasteiger partial charge in [-0.2, -0.15) is 0 Å². The molecule has 0 unspecified atom stereocenters. The Morgan fingerprint density at radius 2 is 2.00 bits per heavy atom. The number of hydrogen-bond acceptors (Lipinski definition) is 2. The number of halogens is 1. The Kier molecular flexibility index (Phi) is 3.71. The lowest BCUT2D eigenvalue weighted by Crippen LogP contribution is -2.29. The number of nitrogens with zero attached hydrogens (tertiary/aromatic N) is 1. The van der Waals surface area contributed by atoms with E-state index in [1.807, 2.05) is 17.0 Å². The highest BCUT2D eigenvalue weighted by Crippen LogP contribution is 2.30. The number of carbonyl (C=O) groups excluding carboxylic acids is 1. The number of thiophene rings is 1. The summed E-state index contributed by atoms with van der Waals surface area (Å²) >= 11 is 5.16. The largest absolute Gasteiger partial charge is 0.307 e. The summed E-state index contributed by atoms with van der Waals surface area (Å²) in [7, 11) is 0. The summed E-state index contributed by atoms with van der Waals surface area (Å²) in [5.74, 6) is 0.231. The van der Waals surface area contributed by atoms with Crippen LogP contribution in [0.4, 0.5) is 5.69 Å². The van der Waals surface area contributed by atoms with Crippen LogP contribution in [0.1, 0.15) is 23.3 Å². The molecule has 0 atom stereocenters. The molecule has 0 aliphatic carbocycles. The minimum absolute atomic E-state index is 0.231. The van der Waals surface area contributed by atoms with Crippen LogP contribution in [0.3, 0.4) is 0 Å². The van der Waals surface area contributed by atoms with Gasteiger partial charge in [0.1, 0.15) is 0 Å². The van der Waals surface area contributed by atoms with Gasteiger partial charge in [-0.05, 0) is 52.5 Å². The zero-order valence-electron chi connectivity index (χ0n) is 10.4. The lowest BCUT2D eigenvalue weighted by atomic mass is 10.1. The van der Waals surface area contributed by atoms with Gasteiger partial charge in [-0.3, -0.25) is 4.79 Å². The van der Waals surface area contributed by atoms with E-state index in [1.54, 1.807) is 11.3 Å². The second kappa shape index (κ2) is 5.47. The normalized spacial score (nSPS) is 15.2. The maximum atomic E-state index is 12.3. The Labute approximate surface area is 125 Å². The molecule has 0 saturated carbocycles. The van der Waals surface area contributed by atoms with Crippen molar-refractivity contribution in [2.24, 2.45) is 0 Å². The SMILES string of the molecule is O=C1CCCc2ccccc2N1Cc1ccc(Br)s1. The number of fused-ring (bicyclic) bond motifs is 1. The first kappa shape index (κ1) is 12.9. The quantitative estimate of drug-likeness (QED) is 0.797. The Bertz CT molecular complexity index is 608. The highest BCUT2D eigenvalue weighted by atomic mass is 79.9. The van der Waals surface area contributed by atoms with Crippen LogP contribution >= 0.6 is 27.3 Å². The number of anilines is 1. The molecule has 1 aromatic heterocycles. The van der Waals surface area contributed by atoms with Gasteiger partial charge in [-0.15, -0.1) is 11.3 Å². The van der Waals surface area contributed by atoms with Crippen molar-refractivity contribution < 1.29 is 4.79 Å². The maximum Gasteiger partial charge on any atom is 0.227 e. The summed E-state index contributed by atoms with van der Waals surface area (Å²) in [5.41, 5.74) is 2.36. The fraction of sp³-hybridized carbons (Fsp3) is 0.267. The van der Waals surface area contributed by atoms with E-state index in [1.165, 1.54) is 10.4 Å². The van der Waals surface area contributed by atoms with Crippen LogP contribution < -0.4 is 4.90 Å². The molecule has 1 aromatic carbocycles. The first-order valence-electron chi connectivity index (χ1n) is 6.36. The van der Waals surface area contributed by atoms with Gasteiger partial charge in [0.25, 0.3) is 0 Å². The fourth-order valence-corrected chi connectivity index (χ4v) is 3.92. The van der Waals surface area contributed by atoms with Gasteiger partial charge in [0, 0.05) is 17.0 Å². The highest BCUT2D eigenvalue weighted by molar-refractivity contribution is 9.11. The number of benzene rings is 1. The Morgan fingerprint density at radius 1 is 1.16 bits per heavy atom. The predicted molar refractivity (Wildman–Crippen MR) is 82.6 cm³/mol. The second-order valence-corrected chi connectivity index (χ2v) is 7.22. The van der Waals surface area contributed by atoms with Crippen LogP contribution in [-0.4, -0.2) is 5.91 Å². The Balaban J connectivity index is 1.95. The summed E-state index contributed by atoms with van der Waals surface area (Å²) in [6.07, 6.45) is 2.58. The second-order valence-electron chi connectivity index (χ2n) is 4.67. The smallest absolute Gasteiger partial charge is 0.227 e. The molecule has 2 nitrogen and oxygen atoms in total. The van der Waals surface area contributed by atoms with Gasteiger partial charge >= 0.3 is 0 Å². The molecule has 0 bridgehead atoms. The van der Waals surface area contributed by atoms with E-state index in [2.05, 4.69) is 40.2 Å².